The third-order valence-electron chi connectivity index (χ3n) is 2.88. The van der Waals surface area contributed by atoms with E-state index in [0.717, 1.165) is 11.8 Å². The third kappa shape index (κ3) is 3.16. The zero-order chi connectivity index (χ0) is 10.5. The average Bonchev–Trinajstić information content (AvgIpc) is 2.21. The molecule has 1 aliphatic carbocycles. The molecule has 1 aromatic carbocycles. The Morgan fingerprint density at radius 2 is 2.27 bits per heavy atom. The van der Waals surface area contributed by atoms with Crippen LogP contribution in [0.5, 0.6) is 0 Å². The Labute approximate surface area is 96.7 Å². The second kappa shape index (κ2) is 5.45. The van der Waals surface area contributed by atoms with Crippen LogP contribution in [0.4, 0.5) is 5.69 Å². The average molecular weight is 221 g/mol. The van der Waals surface area contributed by atoms with E-state index < -0.39 is 0 Å². The van der Waals surface area contributed by atoms with Gasteiger partial charge in [-0.25, -0.2) is 0 Å². The molecule has 0 radical (unpaired) electrons. The van der Waals surface area contributed by atoms with Crippen molar-refractivity contribution in [2.24, 2.45) is 0 Å². The van der Waals surface area contributed by atoms with E-state index in [2.05, 4.69) is 36.5 Å². The van der Waals surface area contributed by atoms with Gasteiger partial charge in [-0.15, -0.1) is 0 Å². The molecule has 2 heteroatoms. The number of hydrogen-bond acceptors (Lipinski definition) is 2. The van der Waals surface area contributed by atoms with Gasteiger partial charge in [0, 0.05) is 17.5 Å². The fourth-order valence-electron chi connectivity index (χ4n) is 1.76. The molecule has 0 unspecified atom stereocenters. The largest absolute Gasteiger partial charge is 0.382 e. The first-order valence-corrected chi connectivity index (χ1v) is 6.97. The normalized spacial score (nSPS) is 16.1. The van der Waals surface area contributed by atoms with Crippen LogP contribution in [0.25, 0.3) is 0 Å². The van der Waals surface area contributed by atoms with Crippen molar-refractivity contribution < 1.29 is 0 Å². The molecular formula is C13H19NS. The Kier molecular flexibility index (Phi) is 3.95. The van der Waals surface area contributed by atoms with Gasteiger partial charge >= 0.3 is 0 Å². The van der Waals surface area contributed by atoms with Gasteiger partial charge in [-0.1, -0.05) is 19.1 Å². The third-order valence-corrected chi connectivity index (χ3v) is 3.82. The maximum absolute atomic E-state index is 3.59. The van der Waals surface area contributed by atoms with E-state index >= 15 is 0 Å². The number of hydrogen-bond donors (Lipinski definition) is 1. The number of rotatable bonds is 5. The first kappa shape index (κ1) is 10.9. The minimum Gasteiger partial charge on any atom is -0.382 e. The van der Waals surface area contributed by atoms with Crippen molar-refractivity contribution in [1.29, 1.82) is 0 Å². The van der Waals surface area contributed by atoms with Crippen molar-refractivity contribution in [2.45, 2.75) is 38.0 Å². The Balaban J connectivity index is 1.92. The van der Waals surface area contributed by atoms with Gasteiger partial charge in [-0.3, -0.25) is 0 Å². The van der Waals surface area contributed by atoms with Crippen molar-refractivity contribution in [3.8, 4) is 0 Å². The molecule has 0 aromatic heterocycles. The number of nitrogens with one attached hydrogen (secondary N) is 1. The standard InChI is InChI=1S/C13H19NS/c1-2-15-10-11-5-3-8-13(9-11)14-12-6-4-7-12/h3,5,8-9,12,14H,2,4,6-7,10H2,1H3. The van der Waals surface area contributed by atoms with Crippen LogP contribution in [0.2, 0.25) is 0 Å². The molecule has 1 N–H and O–H groups in total. The van der Waals surface area contributed by atoms with E-state index in [9.17, 15) is 0 Å². The van der Waals surface area contributed by atoms with Gasteiger partial charge in [-0.05, 0) is 42.7 Å². The molecular weight excluding hydrogens is 202 g/mol. The van der Waals surface area contributed by atoms with E-state index in [4.69, 9.17) is 0 Å². The summed E-state index contributed by atoms with van der Waals surface area (Å²) in [6, 6.07) is 9.58. The molecule has 1 nitrogen and oxygen atoms in total. The molecule has 1 aliphatic rings. The number of benzene rings is 1. The molecule has 0 saturated heterocycles. The predicted octanol–water partition coefficient (Wildman–Crippen LogP) is 3.90. The van der Waals surface area contributed by atoms with E-state index in [1.165, 1.54) is 36.3 Å². The lowest BCUT2D eigenvalue weighted by Crippen LogP contribution is -2.26. The smallest absolute Gasteiger partial charge is 0.0345 e. The quantitative estimate of drug-likeness (QED) is 0.809. The van der Waals surface area contributed by atoms with E-state index in [1.807, 2.05) is 11.8 Å². The summed E-state index contributed by atoms with van der Waals surface area (Å²) >= 11 is 1.98. The Bertz CT molecular complexity index is 307. The molecule has 0 spiro atoms. The highest BCUT2D eigenvalue weighted by Crippen LogP contribution is 2.24. The SMILES string of the molecule is CCSCc1cccc(NC2CCC2)c1. The van der Waals surface area contributed by atoms with Gasteiger partial charge in [0.1, 0.15) is 0 Å². The molecule has 0 amide bonds. The Morgan fingerprint density at radius 1 is 1.40 bits per heavy atom. The second-order valence-corrected chi connectivity index (χ2v) is 5.38. The summed E-state index contributed by atoms with van der Waals surface area (Å²) in [5, 5.41) is 3.59. The zero-order valence-corrected chi connectivity index (χ0v) is 10.1. The molecule has 0 atom stereocenters. The second-order valence-electron chi connectivity index (χ2n) is 4.11. The fourth-order valence-corrected chi connectivity index (χ4v) is 2.38. The fraction of sp³-hybridized carbons (Fsp3) is 0.538. The van der Waals surface area contributed by atoms with Crippen LogP contribution in [-0.2, 0) is 5.75 Å². The monoisotopic (exact) mass is 221 g/mol. The predicted molar refractivity (Wildman–Crippen MR) is 69.5 cm³/mol. The van der Waals surface area contributed by atoms with Crippen LogP contribution in [0.3, 0.4) is 0 Å². The molecule has 1 fully saturated rings. The van der Waals surface area contributed by atoms with E-state index in [1.54, 1.807) is 0 Å². The van der Waals surface area contributed by atoms with Gasteiger partial charge < -0.3 is 5.32 Å². The van der Waals surface area contributed by atoms with Crippen molar-refractivity contribution in [2.75, 3.05) is 11.1 Å². The highest BCUT2D eigenvalue weighted by Gasteiger charge is 2.16. The lowest BCUT2D eigenvalue weighted by molar-refractivity contribution is 0.445. The summed E-state index contributed by atoms with van der Waals surface area (Å²) in [5.41, 5.74) is 2.74. The highest BCUT2D eigenvalue weighted by molar-refractivity contribution is 7.98. The first-order valence-electron chi connectivity index (χ1n) is 5.81. The molecule has 0 heterocycles. The molecule has 0 aliphatic heterocycles. The van der Waals surface area contributed by atoms with Crippen LogP contribution < -0.4 is 5.32 Å². The van der Waals surface area contributed by atoms with E-state index in [0.29, 0.717) is 0 Å². The summed E-state index contributed by atoms with van der Waals surface area (Å²) in [6.45, 7) is 2.21. The zero-order valence-electron chi connectivity index (χ0n) is 9.33. The van der Waals surface area contributed by atoms with Crippen LogP contribution in [0.15, 0.2) is 24.3 Å². The summed E-state index contributed by atoms with van der Waals surface area (Å²) in [4.78, 5) is 0. The number of thioether (sulfide) groups is 1. The van der Waals surface area contributed by atoms with Gasteiger partial charge in [0.15, 0.2) is 0 Å². The van der Waals surface area contributed by atoms with Crippen molar-refractivity contribution in [1.82, 2.24) is 0 Å². The molecule has 2 rings (SSSR count). The Morgan fingerprint density at radius 3 is 2.93 bits per heavy atom. The van der Waals surface area contributed by atoms with Gasteiger partial charge in [-0.2, -0.15) is 11.8 Å². The van der Waals surface area contributed by atoms with E-state index in [-0.39, 0.29) is 0 Å². The molecule has 82 valence electrons. The van der Waals surface area contributed by atoms with Crippen LogP contribution in [-0.4, -0.2) is 11.8 Å². The van der Waals surface area contributed by atoms with Gasteiger partial charge in [0.25, 0.3) is 0 Å². The van der Waals surface area contributed by atoms with Crippen molar-refractivity contribution >= 4 is 17.4 Å². The summed E-state index contributed by atoms with van der Waals surface area (Å²) in [7, 11) is 0. The lowest BCUT2D eigenvalue weighted by Gasteiger charge is -2.27. The molecule has 1 aromatic rings. The lowest BCUT2D eigenvalue weighted by atomic mass is 9.93. The van der Waals surface area contributed by atoms with Gasteiger partial charge in [0.05, 0.1) is 0 Å². The maximum atomic E-state index is 3.59. The highest BCUT2D eigenvalue weighted by atomic mass is 32.2. The van der Waals surface area contributed by atoms with Crippen molar-refractivity contribution in [3.05, 3.63) is 29.8 Å². The minimum absolute atomic E-state index is 0.735. The topological polar surface area (TPSA) is 12.0 Å². The van der Waals surface area contributed by atoms with Crippen molar-refractivity contribution in [3.63, 3.8) is 0 Å². The molecule has 0 bridgehead atoms. The van der Waals surface area contributed by atoms with Crippen LogP contribution >= 0.6 is 11.8 Å². The summed E-state index contributed by atoms with van der Waals surface area (Å²) < 4.78 is 0. The van der Waals surface area contributed by atoms with Crippen LogP contribution in [0, 0.1) is 0 Å². The molecule has 15 heavy (non-hydrogen) atoms. The summed E-state index contributed by atoms with van der Waals surface area (Å²) in [5.74, 6) is 2.33. The maximum Gasteiger partial charge on any atom is 0.0345 e. The van der Waals surface area contributed by atoms with Gasteiger partial charge in [0.2, 0.25) is 0 Å². The summed E-state index contributed by atoms with van der Waals surface area (Å²) in [6.07, 6.45) is 4.07. The number of anilines is 1. The Hall–Kier alpha value is -0.630. The first-order chi connectivity index (χ1) is 7.38. The molecule has 1 saturated carbocycles. The minimum atomic E-state index is 0.735. The van der Waals surface area contributed by atoms with Crippen LogP contribution in [0.1, 0.15) is 31.7 Å².